The summed E-state index contributed by atoms with van der Waals surface area (Å²) in [4.78, 5) is 10.1. The third-order valence-electron chi connectivity index (χ3n) is 1.10. The van der Waals surface area contributed by atoms with Crippen molar-refractivity contribution < 1.29 is 15.0 Å². The zero-order chi connectivity index (χ0) is 7.98. The zero-order valence-electron chi connectivity index (χ0n) is 6.00. The van der Waals surface area contributed by atoms with Gasteiger partial charge in [-0.15, -0.1) is 0 Å². The van der Waals surface area contributed by atoms with Crippen LogP contribution in [0.1, 0.15) is 19.8 Å². The normalized spacial score (nSPS) is 11.6. The van der Waals surface area contributed by atoms with Crippen LogP contribution in [0.15, 0.2) is 11.6 Å². The summed E-state index contributed by atoms with van der Waals surface area (Å²) in [5.41, 5.74) is 0.579. The van der Waals surface area contributed by atoms with Crippen LogP contribution < -0.4 is 0 Å². The summed E-state index contributed by atoms with van der Waals surface area (Å²) in [7, 11) is 0. The van der Waals surface area contributed by atoms with Crippen LogP contribution in [0.2, 0.25) is 0 Å². The van der Waals surface area contributed by atoms with Crippen molar-refractivity contribution in [3.63, 3.8) is 0 Å². The topological polar surface area (TPSA) is 57.5 Å². The van der Waals surface area contributed by atoms with Crippen LogP contribution in [-0.2, 0) is 4.79 Å². The molecule has 3 heteroatoms. The van der Waals surface area contributed by atoms with E-state index in [4.69, 9.17) is 10.2 Å². The second-order valence-electron chi connectivity index (χ2n) is 2.05. The lowest BCUT2D eigenvalue weighted by Crippen LogP contribution is -1.96. The molecule has 0 saturated heterocycles. The molecule has 0 unspecified atom stereocenters. The van der Waals surface area contributed by atoms with Gasteiger partial charge in [0.15, 0.2) is 0 Å². The maximum atomic E-state index is 10.1. The van der Waals surface area contributed by atoms with Crippen molar-refractivity contribution in [2.24, 2.45) is 0 Å². The minimum Gasteiger partial charge on any atom is -0.478 e. The maximum Gasteiger partial charge on any atom is 0.328 e. The lowest BCUT2D eigenvalue weighted by Gasteiger charge is -1.97. The van der Waals surface area contributed by atoms with Crippen molar-refractivity contribution in [1.29, 1.82) is 0 Å². The van der Waals surface area contributed by atoms with Gasteiger partial charge >= 0.3 is 5.97 Å². The third kappa shape index (κ3) is 4.09. The van der Waals surface area contributed by atoms with E-state index in [9.17, 15) is 4.79 Å². The summed E-state index contributed by atoms with van der Waals surface area (Å²) in [6.07, 6.45) is 2.58. The monoisotopic (exact) mass is 144 g/mol. The van der Waals surface area contributed by atoms with Crippen LogP contribution in [0.4, 0.5) is 0 Å². The van der Waals surface area contributed by atoms with E-state index in [1.54, 1.807) is 0 Å². The smallest absolute Gasteiger partial charge is 0.328 e. The van der Waals surface area contributed by atoms with Gasteiger partial charge in [-0.3, -0.25) is 0 Å². The van der Waals surface area contributed by atoms with Crippen molar-refractivity contribution in [3.05, 3.63) is 11.6 Å². The van der Waals surface area contributed by atoms with Gasteiger partial charge < -0.3 is 10.2 Å². The molecular weight excluding hydrogens is 132 g/mol. The molecule has 0 amide bonds. The Morgan fingerprint density at radius 3 is 2.50 bits per heavy atom. The van der Waals surface area contributed by atoms with E-state index in [-0.39, 0.29) is 6.61 Å². The van der Waals surface area contributed by atoms with Crippen LogP contribution >= 0.6 is 0 Å². The molecule has 0 atom stereocenters. The van der Waals surface area contributed by atoms with Crippen molar-refractivity contribution in [2.75, 3.05) is 6.61 Å². The minimum absolute atomic E-state index is 0.153. The number of hydrogen-bond donors (Lipinski definition) is 2. The van der Waals surface area contributed by atoms with Gasteiger partial charge in [0.1, 0.15) is 0 Å². The molecule has 0 fully saturated rings. The predicted octanol–water partition coefficient (Wildman–Crippen LogP) is 0.790. The molecule has 3 nitrogen and oxygen atoms in total. The highest BCUT2D eigenvalue weighted by molar-refractivity contribution is 5.80. The Balaban J connectivity index is 3.91. The van der Waals surface area contributed by atoms with Crippen molar-refractivity contribution >= 4 is 5.97 Å². The average molecular weight is 144 g/mol. The zero-order valence-corrected chi connectivity index (χ0v) is 6.00. The standard InChI is InChI=1S/C7H12O3/c1-2-3-6(5-8)4-7(9)10/h4,8H,2-3,5H2,1H3,(H,9,10)/b6-4-. The van der Waals surface area contributed by atoms with Gasteiger partial charge in [-0.1, -0.05) is 13.3 Å². The minimum atomic E-state index is -0.988. The molecule has 0 aliphatic heterocycles. The highest BCUT2D eigenvalue weighted by atomic mass is 16.4. The molecule has 0 radical (unpaired) electrons. The molecule has 0 spiro atoms. The van der Waals surface area contributed by atoms with Gasteiger partial charge in [-0.2, -0.15) is 0 Å². The average Bonchev–Trinajstić information content (AvgIpc) is 1.86. The van der Waals surface area contributed by atoms with Crippen molar-refractivity contribution in [1.82, 2.24) is 0 Å². The Labute approximate surface area is 60.0 Å². The maximum absolute atomic E-state index is 10.1. The van der Waals surface area contributed by atoms with E-state index in [2.05, 4.69) is 0 Å². The Kier molecular flexibility index (Phi) is 4.58. The second-order valence-corrected chi connectivity index (χ2v) is 2.05. The lowest BCUT2D eigenvalue weighted by atomic mass is 10.1. The summed E-state index contributed by atoms with van der Waals surface area (Å²) in [5.74, 6) is -0.988. The summed E-state index contributed by atoms with van der Waals surface area (Å²) in [5, 5.41) is 16.8. The summed E-state index contributed by atoms with van der Waals surface area (Å²) < 4.78 is 0. The Hall–Kier alpha value is -0.830. The van der Waals surface area contributed by atoms with Crippen LogP contribution in [-0.4, -0.2) is 22.8 Å². The van der Waals surface area contributed by atoms with Crippen LogP contribution in [0.5, 0.6) is 0 Å². The SMILES string of the molecule is CCC/C(=C/C(=O)O)CO. The molecule has 0 saturated carbocycles. The molecule has 0 rings (SSSR count). The second kappa shape index (κ2) is 4.99. The molecule has 0 aromatic heterocycles. The number of aliphatic carboxylic acids is 1. The number of aliphatic hydroxyl groups is 1. The largest absolute Gasteiger partial charge is 0.478 e. The van der Waals surface area contributed by atoms with Gasteiger partial charge in [0, 0.05) is 6.08 Å². The molecule has 2 N–H and O–H groups in total. The van der Waals surface area contributed by atoms with E-state index in [1.807, 2.05) is 6.92 Å². The number of carboxylic acids is 1. The first kappa shape index (κ1) is 9.17. The Morgan fingerprint density at radius 2 is 2.20 bits per heavy atom. The molecule has 0 bridgehead atoms. The molecule has 58 valence electrons. The first-order chi connectivity index (χ1) is 4.70. The highest BCUT2D eigenvalue weighted by Crippen LogP contribution is 2.02. The summed E-state index contributed by atoms with van der Waals surface area (Å²) >= 11 is 0. The van der Waals surface area contributed by atoms with Gasteiger partial charge in [-0.05, 0) is 12.0 Å². The Morgan fingerprint density at radius 1 is 1.60 bits per heavy atom. The predicted molar refractivity (Wildman–Crippen MR) is 37.7 cm³/mol. The summed E-state index contributed by atoms with van der Waals surface area (Å²) in [6.45, 7) is 1.78. The first-order valence-electron chi connectivity index (χ1n) is 3.24. The number of carbonyl (C=O) groups is 1. The fourth-order valence-corrected chi connectivity index (χ4v) is 0.693. The number of hydrogen-bond acceptors (Lipinski definition) is 2. The molecule has 0 aliphatic carbocycles. The van der Waals surface area contributed by atoms with E-state index in [1.165, 1.54) is 0 Å². The van der Waals surface area contributed by atoms with E-state index in [0.717, 1.165) is 12.5 Å². The summed E-state index contributed by atoms with van der Waals surface area (Å²) in [6, 6.07) is 0. The van der Waals surface area contributed by atoms with Gasteiger partial charge in [-0.25, -0.2) is 4.79 Å². The molecule has 0 aromatic rings. The molecule has 0 heterocycles. The molecule has 10 heavy (non-hydrogen) atoms. The highest BCUT2D eigenvalue weighted by Gasteiger charge is 1.96. The first-order valence-corrected chi connectivity index (χ1v) is 3.24. The molecular formula is C7H12O3. The number of rotatable bonds is 4. The van der Waals surface area contributed by atoms with E-state index >= 15 is 0 Å². The molecule has 0 aliphatic rings. The van der Waals surface area contributed by atoms with Crippen molar-refractivity contribution in [3.8, 4) is 0 Å². The number of carboxylic acid groups (broad SMARTS) is 1. The fraction of sp³-hybridized carbons (Fsp3) is 0.571. The van der Waals surface area contributed by atoms with Gasteiger partial charge in [0.25, 0.3) is 0 Å². The molecule has 0 aromatic carbocycles. The third-order valence-corrected chi connectivity index (χ3v) is 1.10. The van der Waals surface area contributed by atoms with Crippen LogP contribution in [0, 0.1) is 0 Å². The van der Waals surface area contributed by atoms with E-state index in [0.29, 0.717) is 12.0 Å². The fourth-order valence-electron chi connectivity index (χ4n) is 0.693. The van der Waals surface area contributed by atoms with Crippen molar-refractivity contribution in [2.45, 2.75) is 19.8 Å². The quantitative estimate of drug-likeness (QED) is 0.573. The lowest BCUT2D eigenvalue weighted by molar-refractivity contribution is -0.131. The van der Waals surface area contributed by atoms with Crippen LogP contribution in [0.25, 0.3) is 0 Å². The Bertz CT molecular complexity index is 138. The number of aliphatic hydroxyl groups excluding tert-OH is 1. The van der Waals surface area contributed by atoms with Gasteiger partial charge in [0.05, 0.1) is 6.61 Å². The van der Waals surface area contributed by atoms with E-state index < -0.39 is 5.97 Å². The van der Waals surface area contributed by atoms with Gasteiger partial charge in [0.2, 0.25) is 0 Å². The van der Waals surface area contributed by atoms with Crippen LogP contribution in [0.3, 0.4) is 0 Å².